The van der Waals surface area contributed by atoms with Crippen molar-refractivity contribution >= 4 is 17.4 Å². The summed E-state index contributed by atoms with van der Waals surface area (Å²) in [5, 5.41) is 8.74. The van der Waals surface area contributed by atoms with Crippen molar-refractivity contribution < 1.29 is 18.3 Å². The van der Waals surface area contributed by atoms with Crippen molar-refractivity contribution in [3.05, 3.63) is 17.0 Å². The largest absolute Gasteiger partial charge is 0.418 e. The number of anilines is 1. The van der Waals surface area contributed by atoms with Crippen LogP contribution in [0, 0.1) is 0 Å². The highest BCUT2D eigenvalue weighted by Crippen LogP contribution is 2.38. The molecule has 0 aromatic carbocycles. The van der Waals surface area contributed by atoms with Crippen LogP contribution in [0.3, 0.4) is 0 Å². The van der Waals surface area contributed by atoms with E-state index in [-0.39, 0.29) is 5.82 Å². The highest BCUT2D eigenvalue weighted by Gasteiger charge is 2.42. The van der Waals surface area contributed by atoms with E-state index in [2.05, 4.69) is 9.97 Å². The second-order valence-corrected chi connectivity index (χ2v) is 3.60. The third kappa shape index (κ3) is 2.53. The number of alkyl halides is 3. The van der Waals surface area contributed by atoms with Crippen molar-refractivity contribution in [3.8, 4) is 0 Å². The number of hydrogen-bond donors (Lipinski definition) is 1. The van der Waals surface area contributed by atoms with Crippen molar-refractivity contribution in [2.24, 2.45) is 0 Å². The van der Waals surface area contributed by atoms with Gasteiger partial charge in [-0.05, 0) is 0 Å². The molecule has 4 nitrogen and oxygen atoms in total. The summed E-state index contributed by atoms with van der Waals surface area (Å²) in [7, 11) is 2.98. The Bertz CT molecular complexity index is 383. The molecule has 0 bridgehead atoms. The van der Waals surface area contributed by atoms with Crippen LogP contribution in [0.15, 0.2) is 6.33 Å². The molecule has 1 aromatic heterocycles. The molecule has 1 atom stereocenters. The molecule has 0 amide bonds. The first-order valence-electron chi connectivity index (χ1n) is 4.17. The predicted octanol–water partition coefficient (Wildman–Crippen LogP) is 1.79. The molecule has 8 heteroatoms. The summed E-state index contributed by atoms with van der Waals surface area (Å²) in [5.74, 6) is -0.0650. The van der Waals surface area contributed by atoms with Crippen molar-refractivity contribution in [1.82, 2.24) is 9.97 Å². The van der Waals surface area contributed by atoms with E-state index < -0.39 is 23.0 Å². The van der Waals surface area contributed by atoms with E-state index in [0.717, 1.165) is 6.33 Å². The van der Waals surface area contributed by atoms with Gasteiger partial charge in [0.25, 0.3) is 0 Å². The first kappa shape index (κ1) is 13.0. The van der Waals surface area contributed by atoms with Crippen molar-refractivity contribution in [2.75, 3.05) is 19.0 Å². The quantitative estimate of drug-likeness (QED) is 0.819. The zero-order chi connectivity index (χ0) is 12.5. The summed E-state index contributed by atoms with van der Waals surface area (Å²) in [4.78, 5) is 8.39. The minimum absolute atomic E-state index is 0.0650. The molecule has 0 aliphatic rings. The number of aromatic nitrogens is 2. The van der Waals surface area contributed by atoms with Gasteiger partial charge < -0.3 is 10.0 Å². The number of halogens is 4. The smallest absolute Gasteiger partial charge is 0.379 e. The Balaban J connectivity index is 3.31. The highest BCUT2D eigenvalue weighted by atomic mass is 35.5. The molecular formula is C8H9ClF3N3O. The van der Waals surface area contributed by atoms with Crippen LogP contribution in [-0.2, 0) is 0 Å². The van der Waals surface area contributed by atoms with Gasteiger partial charge in [0, 0.05) is 14.1 Å². The molecule has 0 unspecified atom stereocenters. The summed E-state index contributed by atoms with van der Waals surface area (Å²) < 4.78 is 37.1. The molecular weight excluding hydrogens is 247 g/mol. The minimum Gasteiger partial charge on any atom is -0.379 e. The van der Waals surface area contributed by atoms with Crippen LogP contribution in [0.4, 0.5) is 19.0 Å². The fraction of sp³-hybridized carbons (Fsp3) is 0.500. The normalized spacial score (nSPS) is 13.7. The fourth-order valence-corrected chi connectivity index (χ4v) is 1.35. The van der Waals surface area contributed by atoms with Crippen LogP contribution in [0.25, 0.3) is 0 Å². The summed E-state index contributed by atoms with van der Waals surface area (Å²) in [5.41, 5.74) is -0.540. The van der Waals surface area contributed by atoms with Gasteiger partial charge >= 0.3 is 6.18 Å². The minimum atomic E-state index is -4.81. The lowest BCUT2D eigenvalue weighted by molar-refractivity contribution is -0.206. The number of aliphatic hydroxyl groups is 1. The summed E-state index contributed by atoms with van der Waals surface area (Å²) >= 11 is 5.54. The van der Waals surface area contributed by atoms with Crippen LogP contribution in [0.1, 0.15) is 11.7 Å². The molecule has 0 aliphatic heterocycles. The Hall–Kier alpha value is -1.08. The second kappa shape index (κ2) is 4.42. The average molecular weight is 256 g/mol. The Kier molecular flexibility index (Phi) is 3.59. The van der Waals surface area contributed by atoms with Gasteiger partial charge in [0.1, 0.15) is 17.3 Å². The standard InChI is InChI=1S/C8H9ClF3N3O/c1-15(2)7-4(5(16)8(10,11)12)6(9)13-3-14-7/h3,5,16H,1-2H3/t5-/m1/s1. The maximum Gasteiger partial charge on any atom is 0.418 e. The number of hydrogen-bond acceptors (Lipinski definition) is 4. The second-order valence-electron chi connectivity index (χ2n) is 3.24. The van der Waals surface area contributed by atoms with Gasteiger partial charge in [-0.1, -0.05) is 11.6 Å². The molecule has 0 spiro atoms. The predicted molar refractivity (Wildman–Crippen MR) is 52.4 cm³/mol. The van der Waals surface area contributed by atoms with Gasteiger partial charge in [-0.15, -0.1) is 0 Å². The first-order valence-corrected chi connectivity index (χ1v) is 4.55. The Morgan fingerprint density at radius 3 is 2.38 bits per heavy atom. The lowest BCUT2D eigenvalue weighted by Gasteiger charge is -2.21. The lowest BCUT2D eigenvalue weighted by atomic mass is 10.1. The zero-order valence-electron chi connectivity index (χ0n) is 8.46. The zero-order valence-corrected chi connectivity index (χ0v) is 9.21. The molecule has 1 rings (SSSR count). The maximum absolute atomic E-state index is 12.4. The van der Waals surface area contributed by atoms with Gasteiger partial charge in [-0.25, -0.2) is 9.97 Å². The summed E-state index contributed by atoms with van der Waals surface area (Å²) in [6, 6.07) is 0. The molecule has 1 N–H and O–H groups in total. The van der Waals surface area contributed by atoms with E-state index in [4.69, 9.17) is 16.7 Å². The molecule has 16 heavy (non-hydrogen) atoms. The van der Waals surface area contributed by atoms with Crippen LogP contribution >= 0.6 is 11.6 Å². The Morgan fingerprint density at radius 2 is 1.94 bits per heavy atom. The number of aliphatic hydroxyl groups excluding tert-OH is 1. The van der Waals surface area contributed by atoms with Gasteiger partial charge in [-0.3, -0.25) is 0 Å². The van der Waals surface area contributed by atoms with Crippen LogP contribution in [0.5, 0.6) is 0 Å². The van der Waals surface area contributed by atoms with Gasteiger partial charge in [0.2, 0.25) is 0 Å². The molecule has 1 heterocycles. The van der Waals surface area contributed by atoms with E-state index in [1.807, 2.05) is 0 Å². The molecule has 0 fully saturated rings. The number of nitrogens with zero attached hydrogens (tertiary/aromatic N) is 3. The molecule has 0 aliphatic carbocycles. The third-order valence-corrected chi connectivity index (χ3v) is 2.12. The van der Waals surface area contributed by atoms with E-state index in [0.29, 0.717) is 0 Å². The van der Waals surface area contributed by atoms with Crippen LogP contribution in [0.2, 0.25) is 5.15 Å². The molecule has 90 valence electrons. The van der Waals surface area contributed by atoms with E-state index >= 15 is 0 Å². The van der Waals surface area contributed by atoms with Gasteiger partial charge in [0.05, 0.1) is 5.56 Å². The highest BCUT2D eigenvalue weighted by molar-refractivity contribution is 6.30. The fourth-order valence-electron chi connectivity index (χ4n) is 1.12. The lowest BCUT2D eigenvalue weighted by Crippen LogP contribution is -2.24. The summed E-state index contributed by atoms with van der Waals surface area (Å²) in [6.45, 7) is 0. The van der Waals surface area contributed by atoms with Gasteiger partial charge in [0.15, 0.2) is 6.10 Å². The number of rotatable bonds is 2. The third-order valence-electron chi connectivity index (χ3n) is 1.82. The molecule has 0 saturated heterocycles. The molecule has 0 saturated carbocycles. The first-order chi connectivity index (χ1) is 7.25. The monoisotopic (exact) mass is 255 g/mol. The molecule has 1 aromatic rings. The van der Waals surface area contributed by atoms with E-state index in [1.54, 1.807) is 0 Å². The Labute approximate surface area is 94.7 Å². The van der Waals surface area contributed by atoms with Crippen molar-refractivity contribution in [3.63, 3.8) is 0 Å². The summed E-state index contributed by atoms with van der Waals surface area (Å²) in [6.07, 6.45) is -6.47. The van der Waals surface area contributed by atoms with Crippen molar-refractivity contribution in [2.45, 2.75) is 12.3 Å². The topological polar surface area (TPSA) is 49.2 Å². The van der Waals surface area contributed by atoms with E-state index in [9.17, 15) is 13.2 Å². The van der Waals surface area contributed by atoms with E-state index in [1.165, 1.54) is 19.0 Å². The van der Waals surface area contributed by atoms with Crippen LogP contribution in [-0.4, -0.2) is 35.3 Å². The van der Waals surface area contributed by atoms with Gasteiger partial charge in [-0.2, -0.15) is 13.2 Å². The average Bonchev–Trinajstić information content (AvgIpc) is 2.14. The molecule has 0 radical (unpaired) electrons. The SMILES string of the molecule is CN(C)c1ncnc(Cl)c1[C@@H](O)C(F)(F)F. The maximum atomic E-state index is 12.4. The van der Waals surface area contributed by atoms with Crippen LogP contribution < -0.4 is 4.90 Å². The Morgan fingerprint density at radius 1 is 1.38 bits per heavy atom. The van der Waals surface area contributed by atoms with Crippen molar-refractivity contribution in [1.29, 1.82) is 0 Å².